The molecule has 0 aliphatic carbocycles. The van der Waals surface area contributed by atoms with E-state index in [4.69, 9.17) is 4.74 Å². The van der Waals surface area contributed by atoms with Gasteiger partial charge in [-0.25, -0.2) is 0 Å². The first-order valence-corrected chi connectivity index (χ1v) is 6.50. The van der Waals surface area contributed by atoms with Gasteiger partial charge >= 0.3 is 6.18 Å². The van der Waals surface area contributed by atoms with Crippen LogP contribution in [-0.2, 0) is 4.74 Å². The van der Waals surface area contributed by atoms with Crippen molar-refractivity contribution in [2.24, 2.45) is 0 Å². The van der Waals surface area contributed by atoms with Crippen molar-refractivity contribution in [3.05, 3.63) is 29.8 Å². The summed E-state index contributed by atoms with van der Waals surface area (Å²) in [4.78, 5) is 0. The molecule has 1 atom stereocenters. The number of ether oxygens (including phenoxy) is 2. The molecule has 6 heteroatoms. The lowest BCUT2D eigenvalue weighted by Gasteiger charge is -2.17. The van der Waals surface area contributed by atoms with E-state index in [0.717, 1.165) is 11.3 Å². The molecule has 0 heterocycles. The molecule has 0 radical (unpaired) electrons. The summed E-state index contributed by atoms with van der Waals surface area (Å²) in [7, 11) is 1.77. The van der Waals surface area contributed by atoms with Crippen molar-refractivity contribution in [3.63, 3.8) is 0 Å². The fourth-order valence-corrected chi connectivity index (χ4v) is 1.83. The van der Waals surface area contributed by atoms with E-state index >= 15 is 0 Å². The van der Waals surface area contributed by atoms with E-state index < -0.39 is 12.8 Å². The minimum atomic E-state index is -4.27. The molecular formula is C14H20F3NO2. The summed E-state index contributed by atoms with van der Waals surface area (Å²) in [5.41, 5.74) is 0.992. The quantitative estimate of drug-likeness (QED) is 0.745. The maximum atomic E-state index is 11.9. The topological polar surface area (TPSA) is 30.5 Å². The van der Waals surface area contributed by atoms with Gasteiger partial charge in [0.05, 0.1) is 6.61 Å². The van der Waals surface area contributed by atoms with Crippen LogP contribution in [0.2, 0.25) is 0 Å². The van der Waals surface area contributed by atoms with E-state index in [0.29, 0.717) is 13.0 Å². The van der Waals surface area contributed by atoms with Gasteiger partial charge in [-0.15, -0.1) is 0 Å². The fourth-order valence-electron chi connectivity index (χ4n) is 1.83. The Kier molecular flexibility index (Phi) is 6.81. The average molecular weight is 291 g/mol. The van der Waals surface area contributed by atoms with Gasteiger partial charge in [0, 0.05) is 12.6 Å². The zero-order valence-corrected chi connectivity index (χ0v) is 11.7. The zero-order chi connectivity index (χ0) is 15.0. The first-order chi connectivity index (χ1) is 9.46. The Morgan fingerprint density at radius 3 is 2.35 bits per heavy atom. The molecule has 1 aromatic rings. The van der Waals surface area contributed by atoms with Crippen LogP contribution in [0.3, 0.4) is 0 Å². The highest BCUT2D eigenvalue weighted by molar-refractivity contribution is 5.29. The highest BCUT2D eigenvalue weighted by Gasteiger charge is 2.27. The summed E-state index contributed by atoms with van der Waals surface area (Å²) in [6.45, 7) is 1.35. The molecule has 0 aromatic heterocycles. The molecule has 0 saturated heterocycles. The molecule has 1 aromatic carbocycles. The number of hydrogen-bond donors (Lipinski definition) is 1. The Labute approximate surface area is 117 Å². The SMILES string of the molecule is CCOc1ccc(C(CCOCC(F)(F)F)NC)cc1. The Bertz CT molecular complexity index is 379. The summed E-state index contributed by atoms with van der Waals surface area (Å²) < 4.78 is 45.8. The third-order valence-corrected chi connectivity index (χ3v) is 2.76. The molecule has 1 unspecified atom stereocenters. The Morgan fingerprint density at radius 2 is 1.85 bits per heavy atom. The van der Waals surface area contributed by atoms with Gasteiger partial charge in [-0.3, -0.25) is 0 Å². The van der Waals surface area contributed by atoms with Crippen LogP contribution < -0.4 is 10.1 Å². The molecular weight excluding hydrogens is 271 g/mol. The summed E-state index contributed by atoms with van der Waals surface area (Å²) in [6.07, 6.45) is -3.80. The van der Waals surface area contributed by atoms with E-state index in [1.54, 1.807) is 7.05 Å². The average Bonchev–Trinajstić information content (AvgIpc) is 2.39. The van der Waals surface area contributed by atoms with Crippen LogP contribution in [0.1, 0.15) is 24.9 Å². The third-order valence-electron chi connectivity index (χ3n) is 2.76. The normalized spacial score (nSPS) is 13.2. The predicted octanol–water partition coefficient (Wildman–Crippen LogP) is 3.31. The van der Waals surface area contributed by atoms with Crippen LogP contribution in [0.15, 0.2) is 24.3 Å². The van der Waals surface area contributed by atoms with Crippen molar-refractivity contribution < 1.29 is 22.6 Å². The second-order valence-corrected chi connectivity index (χ2v) is 4.30. The molecule has 0 aliphatic heterocycles. The van der Waals surface area contributed by atoms with Gasteiger partial charge in [0.1, 0.15) is 12.4 Å². The van der Waals surface area contributed by atoms with Crippen molar-refractivity contribution in [1.82, 2.24) is 5.32 Å². The highest BCUT2D eigenvalue weighted by atomic mass is 19.4. The van der Waals surface area contributed by atoms with Crippen LogP contribution >= 0.6 is 0 Å². The maximum Gasteiger partial charge on any atom is 0.411 e. The van der Waals surface area contributed by atoms with Crippen LogP contribution in [0, 0.1) is 0 Å². The molecule has 0 fully saturated rings. The smallest absolute Gasteiger partial charge is 0.411 e. The van der Waals surface area contributed by atoms with Gasteiger partial charge in [-0.1, -0.05) is 12.1 Å². The molecule has 114 valence electrons. The molecule has 0 amide bonds. The first-order valence-electron chi connectivity index (χ1n) is 6.50. The Morgan fingerprint density at radius 1 is 1.20 bits per heavy atom. The summed E-state index contributed by atoms with van der Waals surface area (Å²) >= 11 is 0. The molecule has 1 N–H and O–H groups in total. The number of hydrogen-bond acceptors (Lipinski definition) is 3. The van der Waals surface area contributed by atoms with E-state index in [1.165, 1.54) is 0 Å². The van der Waals surface area contributed by atoms with E-state index in [1.807, 2.05) is 31.2 Å². The van der Waals surface area contributed by atoms with Crippen LogP contribution in [0.4, 0.5) is 13.2 Å². The van der Waals surface area contributed by atoms with Gasteiger partial charge in [0.25, 0.3) is 0 Å². The minimum absolute atomic E-state index is 0.0427. The standard InChI is InChI=1S/C14H20F3NO2/c1-3-20-12-6-4-11(5-7-12)13(18-2)8-9-19-10-14(15,16)17/h4-7,13,18H,3,8-10H2,1-2H3. The van der Waals surface area contributed by atoms with Crippen molar-refractivity contribution in [2.45, 2.75) is 25.6 Å². The van der Waals surface area contributed by atoms with E-state index in [2.05, 4.69) is 10.1 Å². The number of halogens is 3. The summed E-state index contributed by atoms with van der Waals surface area (Å²) in [5, 5.41) is 3.07. The Hall–Kier alpha value is -1.27. The molecule has 0 bridgehead atoms. The predicted molar refractivity (Wildman–Crippen MR) is 70.9 cm³/mol. The van der Waals surface area contributed by atoms with Crippen molar-refractivity contribution >= 4 is 0 Å². The number of benzene rings is 1. The highest BCUT2D eigenvalue weighted by Crippen LogP contribution is 2.21. The molecule has 0 spiro atoms. The second kappa shape index (κ2) is 8.11. The molecule has 20 heavy (non-hydrogen) atoms. The third kappa shape index (κ3) is 6.25. The van der Waals surface area contributed by atoms with Gasteiger partial charge in [0.15, 0.2) is 0 Å². The van der Waals surface area contributed by atoms with Gasteiger partial charge in [0.2, 0.25) is 0 Å². The number of alkyl halides is 3. The van der Waals surface area contributed by atoms with Gasteiger partial charge < -0.3 is 14.8 Å². The van der Waals surface area contributed by atoms with Crippen LogP contribution in [0.5, 0.6) is 5.75 Å². The minimum Gasteiger partial charge on any atom is -0.494 e. The molecule has 3 nitrogen and oxygen atoms in total. The van der Waals surface area contributed by atoms with Crippen molar-refractivity contribution in [3.8, 4) is 5.75 Å². The number of rotatable bonds is 8. The van der Waals surface area contributed by atoms with Gasteiger partial charge in [-0.2, -0.15) is 13.2 Å². The van der Waals surface area contributed by atoms with Gasteiger partial charge in [-0.05, 0) is 38.1 Å². The fraction of sp³-hybridized carbons (Fsp3) is 0.571. The number of nitrogens with one attached hydrogen (secondary N) is 1. The van der Waals surface area contributed by atoms with E-state index in [9.17, 15) is 13.2 Å². The lowest BCUT2D eigenvalue weighted by molar-refractivity contribution is -0.174. The molecule has 0 saturated carbocycles. The molecule has 0 aliphatic rings. The second-order valence-electron chi connectivity index (χ2n) is 4.30. The van der Waals surface area contributed by atoms with E-state index in [-0.39, 0.29) is 12.6 Å². The lowest BCUT2D eigenvalue weighted by Crippen LogP contribution is -2.21. The molecule has 1 rings (SSSR count). The van der Waals surface area contributed by atoms with Crippen LogP contribution in [0.25, 0.3) is 0 Å². The van der Waals surface area contributed by atoms with Crippen molar-refractivity contribution in [2.75, 3.05) is 26.9 Å². The zero-order valence-electron chi connectivity index (χ0n) is 11.7. The Balaban J connectivity index is 2.45. The first kappa shape index (κ1) is 16.8. The largest absolute Gasteiger partial charge is 0.494 e. The van der Waals surface area contributed by atoms with Crippen molar-refractivity contribution in [1.29, 1.82) is 0 Å². The monoisotopic (exact) mass is 291 g/mol. The summed E-state index contributed by atoms with van der Waals surface area (Å²) in [5.74, 6) is 0.777. The lowest BCUT2D eigenvalue weighted by atomic mass is 10.0. The maximum absolute atomic E-state index is 11.9. The summed E-state index contributed by atoms with van der Waals surface area (Å²) in [6, 6.07) is 7.45. The van der Waals surface area contributed by atoms with Crippen LogP contribution in [-0.4, -0.2) is 33.0 Å².